The second kappa shape index (κ2) is 8.51. The highest BCUT2D eigenvalue weighted by Crippen LogP contribution is 2.16. The zero-order valence-corrected chi connectivity index (χ0v) is 13.1. The predicted molar refractivity (Wildman–Crippen MR) is 78.9 cm³/mol. The van der Waals surface area contributed by atoms with Crippen molar-refractivity contribution in [2.45, 2.75) is 39.1 Å². The van der Waals surface area contributed by atoms with E-state index in [1.54, 1.807) is 0 Å². The van der Waals surface area contributed by atoms with Crippen LogP contribution in [0.2, 0.25) is 0 Å². The van der Waals surface area contributed by atoms with E-state index in [1.807, 2.05) is 30.3 Å². The Morgan fingerprint density at radius 1 is 1.18 bits per heavy atom. The molecule has 1 N–H and O–H groups in total. The number of carbonyl (C=O) groups is 2. The minimum absolute atomic E-state index is 0.0112. The van der Waals surface area contributed by atoms with E-state index in [2.05, 4.69) is 0 Å². The number of ether oxygens (including phenoxy) is 3. The third kappa shape index (κ3) is 6.69. The average Bonchev–Trinajstić information content (AvgIpc) is 2.45. The largest absolute Gasteiger partial charge is 0.463 e. The molecule has 0 aliphatic heterocycles. The monoisotopic (exact) mass is 310 g/mol. The number of benzene rings is 1. The summed E-state index contributed by atoms with van der Waals surface area (Å²) in [5.41, 5.74) is -0.572. The summed E-state index contributed by atoms with van der Waals surface area (Å²) in [4.78, 5) is 22.0. The first-order valence-electron chi connectivity index (χ1n) is 6.96. The molecule has 0 amide bonds. The van der Waals surface area contributed by atoms with Crippen molar-refractivity contribution in [2.75, 3.05) is 13.2 Å². The Bertz CT molecular complexity index is 483. The van der Waals surface area contributed by atoms with Gasteiger partial charge in [0.05, 0.1) is 13.2 Å². The fourth-order valence-corrected chi connectivity index (χ4v) is 1.74. The van der Waals surface area contributed by atoms with E-state index in [1.165, 1.54) is 20.8 Å². The van der Waals surface area contributed by atoms with Gasteiger partial charge in [-0.05, 0) is 12.5 Å². The van der Waals surface area contributed by atoms with Gasteiger partial charge in [0.25, 0.3) is 0 Å². The molecule has 0 heterocycles. The zero-order valence-electron chi connectivity index (χ0n) is 13.1. The van der Waals surface area contributed by atoms with E-state index in [4.69, 9.17) is 14.2 Å². The molecular formula is C16H22O6. The third-order valence-electron chi connectivity index (χ3n) is 2.95. The Morgan fingerprint density at radius 3 is 2.36 bits per heavy atom. The molecule has 6 nitrogen and oxygen atoms in total. The maximum Gasteiger partial charge on any atom is 0.303 e. The second-order valence-corrected chi connectivity index (χ2v) is 5.24. The summed E-state index contributed by atoms with van der Waals surface area (Å²) < 4.78 is 15.4. The van der Waals surface area contributed by atoms with Crippen LogP contribution in [0.5, 0.6) is 0 Å². The first kappa shape index (κ1) is 18.1. The highest BCUT2D eigenvalue weighted by molar-refractivity contribution is 5.66. The van der Waals surface area contributed by atoms with Gasteiger partial charge < -0.3 is 19.3 Å². The summed E-state index contributed by atoms with van der Waals surface area (Å²) in [5.74, 6) is -1.07. The van der Waals surface area contributed by atoms with Crippen LogP contribution in [0, 0.1) is 0 Å². The van der Waals surface area contributed by atoms with Crippen LogP contribution >= 0.6 is 0 Å². The first-order chi connectivity index (χ1) is 10.3. The molecule has 122 valence electrons. The van der Waals surface area contributed by atoms with Crippen molar-refractivity contribution in [3.63, 3.8) is 0 Å². The number of hydrogen-bond acceptors (Lipinski definition) is 6. The van der Waals surface area contributed by atoms with Crippen LogP contribution in [0.1, 0.15) is 26.3 Å². The molecule has 0 radical (unpaired) electrons. The lowest BCUT2D eigenvalue weighted by atomic mass is 10.0. The summed E-state index contributed by atoms with van der Waals surface area (Å²) in [6, 6.07) is 9.48. The fourth-order valence-electron chi connectivity index (χ4n) is 1.74. The predicted octanol–water partition coefficient (Wildman–Crippen LogP) is 1.45. The van der Waals surface area contributed by atoms with Crippen LogP contribution in [0.25, 0.3) is 0 Å². The lowest BCUT2D eigenvalue weighted by molar-refractivity contribution is -0.181. The molecule has 0 fully saturated rings. The topological polar surface area (TPSA) is 82.1 Å². The molecule has 6 heteroatoms. The van der Waals surface area contributed by atoms with Gasteiger partial charge in [0.2, 0.25) is 0 Å². The normalized spacial score (nSPS) is 14.7. The Labute approximate surface area is 130 Å². The van der Waals surface area contributed by atoms with E-state index >= 15 is 0 Å². The molecule has 0 spiro atoms. The van der Waals surface area contributed by atoms with Crippen LogP contribution in [0.3, 0.4) is 0 Å². The third-order valence-corrected chi connectivity index (χ3v) is 2.95. The Morgan fingerprint density at radius 2 is 1.82 bits per heavy atom. The molecule has 2 atom stereocenters. The molecule has 1 aromatic carbocycles. The van der Waals surface area contributed by atoms with Crippen LogP contribution in [0.4, 0.5) is 0 Å². The molecule has 0 aliphatic carbocycles. The molecule has 22 heavy (non-hydrogen) atoms. The minimum atomic E-state index is -1.53. The lowest BCUT2D eigenvalue weighted by Crippen LogP contribution is -2.48. The average molecular weight is 310 g/mol. The van der Waals surface area contributed by atoms with Gasteiger partial charge >= 0.3 is 11.9 Å². The van der Waals surface area contributed by atoms with Crippen molar-refractivity contribution in [1.82, 2.24) is 0 Å². The SMILES string of the molecule is CC(=O)OC[C@](C)(O)[C@@H](COCc1ccccc1)OC(C)=O. The molecule has 0 unspecified atom stereocenters. The van der Waals surface area contributed by atoms with Gasteiger partial charge in [-0.25, -0.2) is 0 Å². The van der Waals surface area contributed by atoms with Gasteiger partial charge in [0.15, 0.2) is 6.10 Å². The minimum Gasteiger partial charge on any atom is -0.463 e. The maximum atomic E-state index is 11.2. The molecule has 0 aromatic heterocycles. The summed E-state index contributed by atoms with van der Waals surface area (Å²) in [7, 11) is 0. The van der Waals surface area contributed by atoms with Gasteiger partial charge in [0, 0.05) is 13.8 Å². The van der Waals surface area contributed by atoms with Crippen molar-refractivity contribution in [3.05, 3.63) is 35.9 Å². The molecule has 1 rings (SSSR count). The van der Waals surface area contributed by atoms with Gasteiger partial charge in [0.1, 0.15) is 12.2 Å². The fraction of sp³-hybridized carbons (Fsp3) is 0.500. The van der Waals surface area contributed by atoms with Crippen molar-refractivity contribution < 1.29 is 28.9 Å². The number of hydrogen-bond donors (Lipinski definition) is 1. The molecule has 0 saturated heterocycles. The molecule has 0 saturated carbocycles. The summed E-state index contributed by atoms with van der Waals surface area (Å²) in [5, 5.41) is 10.3. The molecule has 0 aliphatic rings. The molecule has 1 aromatic rings. The van der Waals surface area contributed by atoms with Crippen LogP contribution < -0.4 is 0 Å². The zero-order chi connectivity index (χ0) is 16.6. The van der Waals surface area contributed by atoms with Gasteiger partial charge in [-0.1, -0.05) is 30.3 Å². The van der Waals surface area contributed by atoms with E-state index in [0.29, 0.717) is 6.61 Å². The Kier molecular flexibility index (Phi) is 7.01. The van der Waals surface area contributed by atoms with Gasteiger partial charge in [-0.15, -0.1) is 0 Å². The molecular weight excluding hydrogens is 288 g/mol. The van der Waals surface area contributed by atoms with E-state index in [9.17, 15) is 14.7 Å². The van der Waals surface area contributed by atoms with E-state index < -0.39 is 23.6 Å². The van der Waals surface area contributed by atoms with Crippen molar-refractivity contribution >= 4 is 11.9 Å². The van der Waals surface area contributed by atoms with Gasteiger partial charge in [-0.3, -0.25) is 9.59 Å². The van der Waals surface area contributed by atoms with Crippen molar-refractivity contribution in [3.8, 4) is 0 Å². The van der Waals surface area contributed by atoms with Crippen molar-refractivity contribution in [2.24, 2.45) is 0 Å². The van der Waals surface area contributed by atoms with Crippen LogP contribution in [-0.4, -0.2) is 42.0 Å². The Hall–Kier alpha value is -1.92. The standard InChI is InChI=1S/C16H22O6/c1-12(17)21-11-16(3,19)15(22-13(2)18)10-20-9-14-7-5-4-6-8-14/h4-8,15,19H,9-11H2,1-3H3/t15-,16+/m1/s1. The second-order valence-electron chi connectivity index (χ2n) is 5.24. The summed E-state index contributed by atoms with van der Waals surface area (Å²) in [6.07, 6.45) is -0.937. The number of esters is 2. The molecule has 0 bridgehead atoms. The summed E-state index contributed by atoms with van der Waals surface area (Å²) >= 11 is 0. The first-order valence-corrected chi connectivity index (χ1v) is 6.96. The summed E-state index contributed by atoms with van der Waals surface area (Å²) in [6.45, 7) is 3.93. The van der Waals surface area contributed by atoms with Gasteiger partial charge in [-0.2, -0.15) is 0 Å². The van der Waals surface area contributed by atoms with E-state index in [-0.39, 0.29) is 13.2 Å². The highest BCUT2D eigenvalue weighted by Gasteiger charge is 2.36. The van der Waals surface area contributed by atoms with E-state index in [0.717, 1.165) is 5.56 Å². The Balaban J connectivity index is 2.59. The van der Waals surface area contributed by atoms with Crippen LogP contribution in [-0.2, 0) is 30.4 Å². The lowest BCUT2D eigenvalue weighted by Gasteiger charge is -2.31. The van der Waals surface area contributed by atoms with Crippen molar-refractivity contribution in [1.29, 1.82) is 0 Å². The number of rotatable bonds is 8. The number of carbonyl (C=O) groups excluding carboxylic acids is 2. The highest BCUT2D eigenvalue weighted by atomic mass is 16.6. The quantitative estimate of drug-likeness (QED) is 0.732. The smallest absolute Gasteiger partial charge is 0.303 e. The maximum absolute atomic E-state index is 11.2. The van der Waals surface area contributed by atoms with Crippen LogP contribution in [0.15, 0.2) is 30.3 Å². The number of aliphatic hydroxyl groups is 1.